The number of carboxylic acid groups (broad SMARTS) is 1. The third-order valence-electron chi connectivity index (χ3n) is 3.24. The average Bonchev–Trinajstić information content (AvgIpc) is 2.14. The van der Waals surface area contributed by atoms with Crippen LogP contribution in [0.3, 0.4) is 0 Å². The Hall–Kier alpha value is -1.59. The van der Waals surface area contributed by atoms with Gasteiger partial charge in [0.05, 0.1) is 6.54 Å². The highest BCUT2D eigenvalue weighted by atomic mass is 16.4. The van der Waals surface area contributed by atoms with E-state index < -0.39 is 17.3 Å². The molecule has 0 aliphatic heterocycles. The molecule has 0 aromatic heterocycles. The summed E-state index contributed by atoms with van der Waals surface area (Å²) >= 11 is 0. The van der Waals surface area contributed by atoms with Crippen molar-refractivity contribution in [3.8, 4) is 0 Å². The van der Waals surface area contributed by atoms with Crippen LogP contribution in [0, 0.1) is 5.41 Å². The lowest BCUT2D eigenvalue weighted by Crippen LogP contribution is -2.53. The molecule has 2 amide bonds. The van der Waals surface area contributed by atoms with Crippen molar-refractivity contribution in [1.82, 2.24) is 9.80 Å². The van der Waals surface area contributed by atoms with Crippen LogP contribution < -0.4 is 0 Å². The van der Waals surface area contributed by atoms with Crippen molar-refractivity contribution in [3.63, 3.8) is 0 Å². The van der Waals surface area contributed by atoms with E-state index in [1.165, 1.54) is 16.8 Å². The van der Waals surface area contributed by atoms with Crippen molar-refractivity contribution in [2.75, 3.05) is 27.7 Å². The van der Waals surface area contributed by atoms with E-state index in [1.54, 1.807) is 14.1 Å². The number of rotatable bonds is 4. The fourth-order valence-corrected chi connectivity index (χ4v) is 1.83. The Bertz CT molecular complexity index is 347. The van der Waals surface area contributed by atoms with Gasteiger partial charge in [-0.1, -0.05) is 6.42 Å². The molecule has 0 aromatic rings. The molecule has 0 bridgehead atoms. The standard InChI is InChI=1S/C11H18N2O4/c1-12(2)8(14)7-13(3)9(15)11(10(16)17)5-4-6-11/h4-7H2,1-3H3,(H,16,17). The van der Waals surface area contributed by atoms with Crippen LogP contribution >= 0.6 is 0 Å². The summed E-state index contributed by atoms with van der Waals surface area (Å²) in [5.41, 5.74) is -1.29. The summed E-state index contributed by atoms with van der Waals surface area (Å²) < 4.78 is 0. The molecular weight excluding hydrogens is 224 g/mol. The highest BCUT2D eigenvalue weighted by Crippen LogP contribution is 2.42. The molecule has 0 spiro atoms. The lowest BCUT2D eigenvalue weighted by molar-refractivity contribution is -0.167. The van der Waals surface area contributed by atoms with Gasteiger partial charge in [-0.05, 0) is 12.8 Å². The first-order chi connectivity index (χ1) is 7.81. The minimum atomic E-state index is -1.29. The smallest absolute Gasteiger partial charge is 0.319 e. The van der Waals surface area contributed by atoms with Crippen LogP contribution in [0.2, 0.25) is 0 Å². The first kappa shape index (κ1) is 13.5. The van der Waals surface area contributed by atoms with Gasteiger partial charge in [0.15, 0.2) is 0 Å². The van der Waals surface area contributed by atoms with E-state index >= 15 is 0 Å². The maximum atomic E-state index is 12.0. The van der Waals surface area contributed by atoms with Crippen LogP contribution in [0.5, 0.6) is 0 Å². The molecule has 1 aliphatic rings. The van der Waals surface area contributed by atoms with Crippen molar-refractivity contribution in [2.45, 2.75) is 19.3 Å². The summed E-state index contributed by atoms with van der Waals surface area (Å²) in [5, 5.41) is 9.10. The summed E-state index contributed by atoms with van der Waals surface area (Å²) in [4.78, 5) is 37.2. The summed E-state index contributed by atoms with van der Waals surface area (Å²) in [6.45, 7) is -0.0825. The third-order valence-corrected chi connectivity index (χ3v) is 3.24. The van der Waals surface area contributed by atoms with Gasteiger partial charge >= 0.3 is 5.97 Å². The molecule has 0 aromatic carbocycles. The van der Waals surface area contributed by atoms with E-state index in [-0.39, 0.29) is 12.5 Å². The van der Waals surface area contributed by atoms with Gasteiger partial charge in [-0.2, -0.15) is 0 Å². The second-order valence-corrected chi connectivity index (χ2v) is 4.69. The number of nitrogens with zero attached hydrogens (tertiary/aromatic N) is 2. The maximum absolute atomic E-state index is 12.0. The van der Waals surface area contributed by atoms with Gasteiger partial charge in [-0.15, -0.1) is 0 Å². The molecule has 0 radical (unpaired) electrons. The van der Waals surface area contributed by atoms with Gasteiger partial charge in [0.1, 0.15) is 5.41 Å². The summed E-state index contributed by atoms with van der Waals surface area (Å²) in [7, 11) is 4.65. The summed E-state index contributed by atoms with van der Waals surface area (Å²) in [6, 6.07) is 0. The molecule has 1 fully saturated rings. The van der Waals surface area contributed by atoms with Crippen LogP contribution in [-0.2, 0) is 14.4 Å². The maximum Gasteiger partial charge on any atom is 0.319 e. The predicted molar refractivity (Wildman–Crippen MR) is 60.3 cm³/mol. The Morgan fingerprint density at radius 2 is 1.71 bits per heavy atom. The monoisotopic (exact) mass is 242 g/mol. The molecule has 96 valence electrons. The Morgan fingerprint density at radius 3 is 2.00 bits per heavy atom. The largest absolute Gasteiger partial charge is 0.480 e. The van der Waals surface area contributed by atoms with Crippen LogP contribution in [0.25, 0.3) is 0 Å². The number of hydrogen-bond donors (Lipinski definition) is 1. The minimum absolute atomic E-state index is 0.0825. The second kappa shape index (κ2) is 4.73. The van der Waals surface area contributed by atoms with Gasteiger partial charge in [0.25, 0.3) is 0 Å². The second-order valence-electron chi connectivity index (χ2n) is 4.69. The van der Waals surface area contributed by atoms with Crippen LogP contribution in [0.1, 0.15) is 19.3 Å². The molecule has 1 saturated carbocycles. The highest BCUT2D eigenvalue weighted by molar-refractivity contribution is 6.03. The van der Waals surface area contributed by atoms with Crippen molar-refractivity contribution < 1.29 is 19.5 Å². The van der Waals surface area contributed by atoms with Gasteiger partial charge in [-0.3, -0.25) is 14.4 Å². The van der Waals surface area contributed by atoms with Gasteiger partial charge < -0.3 is 14.9 Å². The Balaban J connectivity index is 2.69. The van der Waals surface area contributed by atoms with Gasteiger partial charge in [-0.25, -0.2) is 0 Å². The number of likely N-dealkylation sites (N-methyl/N-ethyl adjacent to an activating group) is 2. The van der Waals surface area contributed by atoms with E-state index in [9.17, 15) is 14.4 Å². The molecule has 1 N–H and O–H groups in total. The number of aliphatic carboxylic acids is 1. The summed E-state index contributed by atoms with van der Waals surface area (Å²) in [6.07, 6.45) is 1.47. The fourth-order valence-electron chi connectivity index (χ4n) is 1.83. The lowest BCUT2D eigenvalue weighted by atomic mass is 9.68. The van der Waals surface area contributed by atoms with E-state index in [0.717, 1.165) is 6.42 Å². The van der Waals surface area contributed by atoms with Gasteiger partial charge in [0, 0.05) is 21.1 Å². The van der Waals surface area contributed by atoms with Crippen LogP contribution in [0.15, 0.2) is 0 Å². The Kier molecular flexibility index (Phi) is 3.75. The molecule has 17 heavy (non-hydrogen) atoms. The van der Waals surface area contributed by atoms with Gasteiger partial charge in [0.2, 0.25) is 11.8 Å². The third kappa shape index (κ3) is 2.40. The van der Waals surface area contributed by atoms with E-state index in [1.807, 2.05) is 0 Å². The van der Waals surface area contributed by atoms with Crippen LogP contribution in [0.4, 0.5) is 0 Å². The molecule has 0 atom stereocenters. The molecule has 1 rings (SSSR count). The molecule has 0 heterocycles. The average molecular weight is 242 g/mol. The quantitative estimate of drug-likeness (QED) is 0.692. The first-order valence-electron chi connectivity index (χ1n) is 5.50. The molecule has 1 aliphatic carbocycles. The number of hydrogen-bond acceptors (Lipinski definition) is 3. The molecular formula is C11H18N2O4. The van der Waals surface area contributed by atoms with E-state index in [4.69, 9.17) is 5.11 Å². The van der Waals surface area contributed by atoms with Crippen LogP contribution in [-0.4, -0.2) is 60.4 Å². The van der Waals surface area contributed by atoms with E-state index in [2.05, 4.69) is 0 Å². The normalized spacial score (nSPS) is 16.9. The zero-order valence-electron chi connectivity index (χ0n) is 10.4. The molecule has 0 unspecified atom stereocenters. The Morgan fingerprint density at radius 1 is 1.18 bits per heavy atom. The van der Waals surface area contributed by atoms with Crippen molar-refractivity contribution >= 4 is 17.8 Å². The number of carbonyl (C=O) groups is 3. The number of amides is 2. The van der Waals surface area contributed by atoms with Crippen molar-refractivity contribution in [1.29, 1.82) is 0 Å². The highest BCUT2D eigenvalue weighted by Gasteiger charge is 2.52. The zero-order valence-corrected chi connectivity index (χ0v) is 10.4. The molecule has 0 saturated heterocycles. The SMILES string of the molecule is CN(C)C(=O)CN(C)C(=O)C1(C(=O)O)CCC1. The zero-order chi connectivity index (χ0) is 13.2. The van der Waals surface area contributed by atoms with Crippen molar-refractivity contribution in [2.24, 2.45) is 5.41 Å². The predicted octanol–water partition coefficient (Wildman–Crippen LogP) is -0.212. The first-order valence-corrected chi connectivity index (χ1v) is 5.50. The summed E-state index contributed by atoms with van der Waals surface area (Å²) in [5.74, 6) is -1.77. The number of carbonyl (C=O) groups excluding carboxylic acids is 2. The topological polar surface area (TPSA) is 77.9 Å². The van der Waals surface area contributed by atoms with Crippen molar-refractivity contribution in [3.05, 3.63) is 0 Å². The lowest BCUT2D eigenvalue weighted by Gasteiger charge is -2.38. The Labute approximate surface area is 100 Å². The fraction of sp³-hybridized carbons (Fsp3) is 0.727. The van der Waals surface area contributed by atoms with E-state index in [0.29, 0.717) is 12.8 Å². The minimum Gasteiger partial charge on any atom is -0.480 e. The molecule has 6 heteroatoms. The molecule has 6 nitrogen and oxygen atoms in total. The number of carboxylic acids is 1.